The van der Waals surface area contributed by atoms with Gasteiger partial charge in [0.05, 0.1) is 10.7 Å². The van der Waals surface area contributed by atoms with Gasteiger partial charge < -0.3 is 9.80 Å². The monoisotopic (exact) mass is 365 g/mol. The Kier molecular flexibility index (Phi) is 6.05. The molecule has 1 aromatic rings. The third kappa shape index (κ3) is 5.19. The molecule has 1 heterocycles. The van der Waals surface area contributed by atoms with Crippen molar-refractivity contribution in [1.29, 1.82) is 0 Å². The molecule has 0 radical (unpaired) electrons. The molecule has 1 fully saturated rings. The van der Waals surface area contributed by atoms with Crippen molar-refractivity contribution in [1.82, 2.24) is 9.80 Å². The van der Waals surface area contributed by atoms with E-state index in [1.807, 2.05) is 25.7 Å². The molecule has 0 aromatic heterocycles. The summed E-state index contributed by atoms with van der Waals surface area (Å²) in [5.74, 6) is 0.413. The Morgan fingerprint density at radius 3 is 2.08 bits per heavy atom. The smallest absolute Gasteiger partial charge is 0.269 e. The van der Waals surface area contributed by atoms with E-state index in [0.717, 1.165) is 4.90 Å². The maximum Gasteiger partial charge on any atom is 0.269 e. The predicted molar refractivity (Wildman–Crippen MR) is 96.4 cm³/mol. The van der Waals surface area contributed by atoms with Crippen molar-refractivity contribution in [3.8, 4) is 0 Å². The fourth-order valence-electron chi connectivity index (χ4n) is 2.53. The molecule has 1 saturated heterocycles. The molecule has 1 aromatic carbocycles. The van der Waals surface area contributed by atoms with Gasteiger partial charge in [-0.05, 0) is 12.1 Å². The van der Waals surface area contributed by atoms with E-state index in [2.05, 4.69) is 0 Å². The Morgan fingerprint density at radius 2 is 1.60 bits per heavy atom. The number of hydrogen-bond acceptors (Lipinski definition) is 5. The molecule has 1 aliphatic heterocycles. The van der Waals surface area contributed by atoms with E-state index in [1.54, 1.807) is 17.0 Å². The summed E-state index contributed by atoms with van der Waals surface area (Å²) in [6, 6.07) is 6.17. The van der Waals surface area contributed by atoms with Crippen LogP contribution in [0.25, 0.3) is 0 Å². The molecule has 25 heavy (non-hydrogen) atoms. The number of benzene rings is 1. The van der Waals surface area contributed by atoms with Crippen LogP contribution in [0.5, 0.6) is 0 Å². The lowest BCUT2D eigenvalue weighted by Crippen LogP contribution is -2.53. The van der Waals surface area contributed by atoms with Crippen LogP contribution in [-0.4, -0.2) is 58.5 Å². The van der Waals surface area contributed by atoms with Gasteiger partial charge in [-0.3, -0.25) is 19.7 Å². The Bertz CT molecular complexity index is 647. The fourth-order valence-corrected chi connectivity index (χ4v) is 3.33. The second-order valence-electron chi connectivity index (χ2n) is 6.96. The number of hydrogen-bond donors (Lipinski definition) is 0. The van der Waals surface area contributed by atoms with E-state index in [4.69, 9.17) is 0 Å². The van der Waals surface area contributed by atoms with Crippen LogP contribution in [0.3, 0.4) is 0 Å². The van der Waals surface area contributed by atoms with Crippen LogP contribution in [0.1, 0.15) is 20.8 Å². The first-order valence-corrected chi connectivity index (χ1v) is 9.11. The topological polar surface area (TPSA) is 83.8 Å². The van der Waals surface area contributed by atoms with Crippen LogP contribution < -0.4 is 0 Å². The van der Waals surface area contributed by atoms with Crippen molar-refractivity contribution in [2.75, 3.05) is 31.9 Å². The number of nitrogens with zero attached hydrogens (tertiary/aromatic N) is 3. The van der Waals surface area contributed by atoms with Crippen LogP contribution >= 0.6 is 11.8 Å². The standard InChI is InChI=1S/C17H23N3O4S/c1-17(2,3)16(22)19-10-8-18(9-11-19)15(21)12-25-14-6-4-13(5-7-14)20(23)24/h4-7H,8-12H2,1-3H3. The number of nitro groups is 1. The lowest BCUT2D eigenvalue weighted by atomic mass is 9.94. The Balaban J connectivity index is 1.81. The molecule has 2 amide bonds. The van der Waals surface area contributed by atoms with Gasteiger partial charge in [-0.15, -0.1) is 11.8 Å². The minimum absolute atomic E-state index is 0.0196. The third-order valence-corrected chi connectivity index (χ3v) is 4.97. The Labute approximate surface area is 151 Å². The number of amides is 2. The van der Waals surface area contributed by atoms with Crippen molar-refractivity contribution in [2.45, 2.75) is 25.7 Å². The number of rotatable bonds is 4. The number of non-ortho nitro benzene ring substituents is 1. The highest BCUT2D eigenvalue weighted by molar-refractivity contribution is 8.00. The molecule has 0 N–H and O–H groups in total. The summed E-state index contributed by atoms with van der Waals surface area (Å²) in [7, 11) is 0. The van der Waals surface area contributed by atoms with E-state index in [0.29, 0.717) is 26.2 Å². The fraction of sp³-hybridized carbons (Fsp3) is 0.529. The van der Waals surface area contributed by atoms with Crippen molar-refractivity contribution < 1.29 is 14.5 Å². The molecule has 0 atom stereocenters. The van der Waals surface area contributed by atoms with Crippen molar-refractivity contribution in [2.24, 2.45) is 5.41 Å². The maximum absolute atomic E-state index is 12.3. The molecule has 8 heteroatoms. The number of piperazine rings is 1. The highest BCUT2D eigenvalue weighted by Gasteiger charge is 2.30. The van der Waals surface area contributed by atoms with Crippen molar-refractivity contribution in [3.63, 3.8) is 0 Å². The highest BCUT2D eigenvalue weighted by atomic mass is 32.2. The maximum atomic E-state index is 12.3. The van der Waals surface area contributed by atoms with Gasteiger partial charge in [0.1, 0.15) is 0 Å². The van der Waals surface area contributed by atoms with Gasteiger partial charge in [-0.25, -0.2) is 0 Å². The van der Waals surface area contributed by atoms with E-state index >= 15 is 0 Å². The predicted octanol–water partition coefficient (Wildman–Crippen LogP) is 2.40. The average molecular weight is 365 g/mol. The Morgan fingerprint density at radius 1 is 1.08 bits per heavy atom. The van der Waals surface area contributed by atoms with Crippen LogP contribution in [0.15, 0.2) is 29.2 Å². The quantitative estimate of drug-likeness (QED) is 0.465. The first-order valence-electron chi connectivity index (χ1n) is 8.13. The first kappa shape index (κ1) is 19.2. The second kappa shape index (κ2) is 7.86. The van der Waals surface area contributed by atoms with Gasteiger partial charge >= 0.3 is 0 Å². The zero-order valence-corrected chi connectivity index (χ0v) is 15.5. The zero-order valence-electron chi connectivity index (χ0n) is 14.7. The molecular weight excluding hydrogens is 342 g/mol. The SMILES string of the molecule is CC(C)(C)C(=O)N1CCN(C(=O)CSc2ccc([N+](=O)[O-])cc2)CC1. The van der Waals surface area contributed by atoms with Crippen LogP contribution in [0, 0.1) is 15.5 Å². The van der Waals surface area contributed by atoms with E-state index in [-0.39, 0.29) is 23.3 Å². The zero-order chi connectivity index (χ0) is 18.6. The Hall–Kier alpha value is -2.09. The summed E-state index contributed by atoms with van der Waals surface area (Å²) >= 11 is 1.36. The normalized spacial score (nSPS) is 15.2. The summed E-state index contributed by atoms with van der Waals surface area (Å²) in [4.78, 5) is 39.2. The molecule has 7 nitrogen and oxygen atoms in total. The van der Waals surface area contributed by atoms with E-state index in [1.165, 1.54) is 23.9 Å². The molecule has 1 aliphatic rings. The molecule has 0 unspecified atom stereocenters. The molecule has 0 aliphatic carbocycles. The molecule has 0 saturated carbocycles. The third-order valence-electron chi connectivity index (χ3n) is 3.97. The van der Waals surface area contributed by atoms with Gasteiger partial charge in [0, 0.05) is 48.6 Å². The van der Waals surface area contributed by atoms with E-state index < -0.39 is 10.3 Å². The van der Waals surface area contributed by atoms with Crippen molar-refractivity contribution in [3.05, 3.63) is 34.4 Å². The average Bonchev–Trinajstić information content (AvgIpc) is 2.58. The number of nitro benzene ring substituents is 1. The number of carbonyl (C=O) groups is 2. The first-order chi connectivity index (χ1) is 11.7. The van der Waals surface area contributed by atoms with Gasteiger partial charge in [-0.2, -0.15) is 0 Å². The van der Waals surface area contributed by atoms with Crippen molar-refractivity contribution >= 4 is 29.3 Å². The van der Waals surface area contributed by atoms with Gasteiger partial charge in [0.2, 0.25) is 11.8 Å². The molecule has 2 rings (SSSR count). The van der Waals surface area contributed by atoms with Crippen LogP contribution in [0.2, 0.25) is 0 Å². The summed E-state index contributed by atoms with van der Waals surface area (Å²) in [5.41, 5.74) is -0.367. The van der Waals surface area contributed by atoms with Gasteiger partial charge in [0.25, 0.3) is 5.69 Å². The van der Waals surface area contributed by atoms with Crippen LogP contribution in [-0.2, 0) is 9.59 Å². The summed E-state index contributed by atoms with van der Waals surface area (Å²) in [6.07, 6.45) is 0. The number of thioether (sulfide) groups is 1. The second-order valence-corrected chi connectivity index (χ2v) is 8.01. The summed E-state index contributed by atoms with van der Waals surface area (Å²) < 4.78 is 0. The lowest BCUT2D eigenvalue weighted by molar-refractivity contribution is -0.384. The number of carbonyl (C=O) groups excluding carboxylic acids is 2. The minimum Gasteiger partial charge on any atom is -0.339 e. The largest absolute Gasteiger partial charge is 0.339 e. The summed E-state index contributed by atoms with van der Waals surface area (Å²) in [5, 5.41) is 10.6. The molecule has 0 spiro atoms. The minimum atomic E-state index is -0.446. The van der Waals surface area contributed by atoms with Crippen LogP contribution in [0.4, 0.5) is 5.69 Å². The molecule has 136 valence electrons. The molecule has 0 bridgehead atoms. The molecular formula is C17H23N3O4S. The van der Waals surface area contributed by atoms with Gasteiger partial charge in [-0.1, -0.05) is 20.8 Å². The summed E-state index contributed by atoms with van der Waals surface area (Å²) in [6.45, 7) is 7.89. The highest BCUT2D eigenvalue weighted by Crippen LogP contribution is 2.22. The van der Waals surface area contributed by atoms with Gasteiger partial charge in [0.15, 0.2) is 0 Å². The van der Waals surface area contributed by atoms with E-state index in [9.17, 15) is 19.7 Å². The lowest BCUT2D eigenvalue weighted by Gasteiger charge is -2.37.